The SMILES string of the molecule is CC1C(c2ccccc2)C(C(=O)c2ccccc2)CN(C)C1c1ccccc1. The van der Waals surface area contributed by atoms with Crippen molar-refractivity contribution in [3.63, 3.8) is 0 Å². The van der Waals surface area contributed by atoms with Crippen molar-refractivity contribution < 1.29 is 4.79 Å². The molecule has 4 atom stereocenters. The molecule has 0 bridgehead atoms. The van der Waals surface area contributed by atoms with E-state index in [2.05, 4.69) is 73.5 Å². The Hall–Kier alpha value is -2.71. The van der Waals surface area contributed by atoms with Crippen LogP contribution in [0.3, 0.4) is 0 Å². The first-order chi connectivity index (χ1) is 13.7. The van der Waals surface area contributed by atoms with Crippen LogP contribution < -0.4 is 0 Å². The van der Waals surface area contributed by atoms with Crippen LogP contribution in [0.4, 0.5) is 0 Å². The summed E-state index contributed by atoms with van der Waals surface area (Å²) in [5, 5.41) is 0. The van der Waals surface area contributed by atoms with Crippen molar-refractivity contribution in [3.05, 3.63) is 108 Å². The Labute approximate surface area is 167 Å². The molecule has 0 N–H and O–H groups in total. The Kier molecular flexibility index (Phi) is 5.40. The smallest absolute Gasteiger partial charge is 0.167 e. The van der Waals surface area contributed by atoms with Crippen LogP contribution in [0.2, 0.25) is 0 Å². The van der Waals surface area contributed by atoms with Gasteiger partial charge in [0.1, 0.15) is 0 Å². The maximum Gasteiger partial charge on any atom is 0.167 e. The van der Waals surface area contributed by atoms with Gasteiger partial charge < -0.3 is 0 Å². The third-order valence-corrected chi connectivity index (χ3v) is 6.18. The van der Waals surface area contributed by atoms with Gasteiger partial charge in [0.2, 0.25) is 0 Å². The number of piperidine rings is 1. The summed E-state index contributed by atoms with van der Waals surface area (Å²) in [7, 11) is 2.15. The number of ketones is 1. The summed E-state index contributed by atoms with van der Waals surface area (Å²) in [6, 6.07) is 31.3. The van der Waals surface area contributed by atoms with Crippen LogP contribution in [-0.2, 0) is 0 Å². The maximum atomic E-state index is 13.5. The zero-order valence-electron chi connectivity index (χ0n) is 16.5. The molecule has 0 radical (unpaired) electrons. The predicted octanol–water partition coefficient (Wildman–Crippen LogP) is 5.59. The third kappa shape index (κ3) is 3.53. The lowest BCUT2D eigenvalue weighted by atomic mass is 9.67. The molecular formula is C26H27NO. The van der Waals surface area contributed by atoms with Crippen LogP contribution in [0.25, 0.3) is 0 Å². The van der Waals surface area contributed by atoms with Gasteiger partial charge in [0, 0.05) is 24.1 Å². The van der Waals surface area contributed by atoms with Crippen molar-refractivity contribution in [3.8, 4) is 0 Å². The van der Waals surface area contributed by atoms with Gasteiger partial charge in [0.05, 0.1) is 0 Å². The maximum absolute atomic E-state index is 13.5. The van der Waals surface area contributed by atoms with Gasteiger partial charge in [0.15, 0.2) is 5.78 Å². The van der Waals surface area contributed by atoms with Crippen molar-refractivity contribution in [2.75, 3.05) is 13.6 Å². The van der Waals surface area contributed by atoms with E-state index in [1.807, 2.05) is 36.4 Å². The number of hydrogen-bond donors (Lipinski definition) is 0. The normalized spacial score (nSPS) is 25.4. The van der Waals surface area contributed by atoms with Gasteiger partial charge in [0.25, 0.3) is 0 Å². The highest BCUT2D eigenvalue weighted by atomic mass is 16.1. The quantitative estimate of drug-likeness (QED) is 0.559. The summed E-state index contributed by atoms with van der Waals surface area (Å²) in [5.74, 6) is 0.709. The molecule has 4 unspecified atom stereocenters. The second kappa shape index (κ2) is 8.12. The van der Waals surface area contributed by atoms with E-state index in [1.165, 1.54) is 11.1 Å². The molecule has 0 amide bonds. The molecule has 142 valence electrons. The topological polar surface area (TPSA) is 20.3 Å². The minimum Gasteiger partial charge on any atom is -0.298 e. The predicted molar refractivity (Wildman–Crippen MR) is 114 cm³/mol. The van der Waals surface area contributed by atoms with Crippen LogP contribution in [0, 0.1) is 11.8 Å². The zero-order valence-corrected chi connectivity index (χ0v) is 16.5. The number of benzene rings is 3. The fourth-order valence-corrected chi connectivity index (χ4v) is 4.98. The van der Waals surface area contributed by atoms with Crippen LogP contribution in [0.1, 0.15) is 40.4 Å². The van der Waals surface area contributed by atoms with Gasteiger partial charge in [-0.15, -0.1) is 0 Å². The van der Waals surface area contributed by atoms with E-state index in [0.717, 1.165) is 12.1 Å². The molecular weight excluding hydrogens is 342 g/mol. The highest BCUT2D eigenvalue weighted by Gasteiger charge is 2.44. The number of nitrogens with zero attached hydrogens (tertiary/aromatic N) is 1. The third-order valence-electron chi connectivity index (χ3n) is 6.18. The molecule has 1 aliphatic heterocycles. The van der Waals surface area contributed by atoms with Gasteiger partial charge in [-0.25, -0.2) is 0 Å². The fourth-order valence-electron chi connectivity index (χ4n) is 4.98. The van der Waals surface area contributed by atoms with Crippen molar-refractivity contribution in [2.45, 2.75) is 18.9 Å². The lowest BCUT2D eigenvalue weighted by molar-refractivity contribution is 0.0501. The van der Waals surface area contributed by atoms with E-state index in [0.29, 0.717) is 12.0 Å². The molecule has 0 aliphatic carbocycles. The number of rotatable bonds is 4. The number of hydrogen-bond acceptors (Lipinski definition) is 2. The lowest BCUT2D eigenvalue weighted by Gasteiger charge is -2.47. The highest BCUT2D eigenvalue weighted by molar-refractivity contribution is 5.98. The number of carbonyl (C=O) groups excluding carboxylic acids is 1. The van der Waals surface area contributed by atoms with E-state index in [-0.39, 0.29) is 17.6 Å². The van der Waals surface area contributed by atoms with Crippen LogP contribution in [0.5, 0.6) is 0 Å². The molecule has 2 nitrogen and oxygen atoms in total. The van der Waals surface area contributed by atoms with E-state index >= 15 is 0 Å². The van der Waals surface area contributed by atoms with Gasteiger partial charge in [-0.1, -0.05) is 97.9 Å². The summed E-state index contributed by atoms with van der Waals surface area (Å²) in [5.41, 5.74) is 3.40. The molecule has 28 heavy (non-hydrogen) atoms. The van der Waals surface area contributed by atoms with Gasteiger partial charge in [-0.2, -0.15) is 0 Å². The highest BCUT2D eigenvalue weighted by Crippen LogP contribution is 2.47. The van der Waals surface area contributed by atoms with Crippen LogP contribution in [0.15, 0.2) is 91.0 Å². The average Bonchev–Trinajstić information content (AvgIpc) is 2.75. The summed E-state index contributed by atoms with van der Waals surface area (Å²) in [4.78, 5) is 15.9. The van der Waals surface area contributed by atoms with E-state index in [1.54, 1.807) is 0 Å². The summed E-state index contributed by atoms with van der Waals surface area (Å²) in [6.45, 7) is 3.06. The molecule has 0 spiro atoms. The summed E-state index contributed by atoms with van der Waals surface area (Å²) < 4.78 is 0. The minimum atomic E-state index is -0.0511. The molecule has 1 heterocycles. The average molecular weight is 370 g/mol. The summed E-state index contributed by atoms with van der Waals surface area (Å²) >= 11 is 0. The molecule has 3 aromatic carbocycles. The van der Waals surface area contributed by atoms with Crippen molar-refractivity contribution in [2.24, 2.45) is 11.8 Å². The molecule has 1 saturated heterocycles. The Morgan fingerprint density at radius 2 is 1.29 bits per heavy atom. The van der Waals surface area contributed by atoms with Crippen molar-refractivity contribution in [1.82, 2.24) is 4.90 Å². The standard InChI is InChI=1S/C26H27NO/c1-19-24(20-12-6-3-7-13-20)23(26(28)22-16-10-5-11-17-22)18-27(2)25(19)21-14-8-4-9-15-21/h3-17,19,23-25H,18H2,1-2H3. The molecule has 0 aromatic heterocycles. The van der Waals surface area contributed by atoms with Crippen molar-refractivity contribution >= 4 is 5.78 Å². The first-order valence-electron chi connectivity index (χ1n) is 10.1. The van der Waals surface area contributed by atoms with Gasteiger partial charge >= 0.3 is 0 Å². The monoisotopic (exact) mass is 369 g/mol. The van der Waals surface area contributed by atoms with E-state index < -0.39 is 0 Å². The fraction of sp³-hybridized carbons (Fsp3) is 0.269. The van der Waals surface area contributed by atoms with E-state index in [4.69, 9.17) is 0 Å². The second-order valence-electron chi connectivity index (χ2n) is 7.93. The first kappa shape index (κ1) is 18.6. The lowest BCUT2D eigenvalue weighted by Crippen LogP contribution is -2.47. The molecule has 4 rings (SSSR count). The van der Waals surface area contributed by atoms with Gasteiger partial charge in [-0.05, 0) is 30.0 Å². The Morgan fingerprint density at radius 1 is 0.786 bits per heavy atom. The minimum absolute atomic E-state index is 0.0511. The molecule has 2 heteroatoms. The second-order valence-corrected chi connectivity index (χ2v) is 7.93. The Balaban J connectivity index is 1.75. The number of carbonyl (C=O) groups is 1. The molecule has 1 aliphatic rings. The molecule has 1 fully saturated rings. The Morgan fingerprint density at radius 3 is 1.86 bits per heavy atom. The molecule has 3 aromatic rings. The zero-order chi connectivity index (χ0) is 19.5. The number of Topliss-reactive ketones (excluding diaryl/α,β-unsaturated/α-hetero) is 1. The Bertz CT molecular complexity index is 907. The van der Waals surface area contributed by atoms with Crippen LogP contribution >= 0.6 is 0 Å². The summed E-state index contributed by atoms with van der Waals surface area (Å²) in [6.07, 6.45) is 0. The van der Waals surface area contributed by atoms with Crippen LogP contribution in [-0.4, -0.2) is 24.3 Å². The van der Waals surface area contributed by atoms with Gasteiger partial charge in [-0.3, -0.25) is 9.69 Å². The van der Waals surface area contributed by atoms with E-state index in [9.17, 15) is 4.79 Å². The molecule has 0 saturated carbocycles. The largest absolute Gasteiger partial charge is 0.298 e. The number of likely N-dealkylation sites (tertiary alicyclic amines) is 1. The first-order valence-corrected chi connectivity index (χ1v) is 10.1. The van der Waals surface area contributed by atoms with Crippen molar-refractivity contribution in [1.29, 1.82) is 0 Å².